The molecule has 1 amide bonds. The number of amides is 1. The Bertz CT molecular complexity index is 594. The lowest BCUT2D eigenvalue weighted by molar-refractivity contribution is 0.102. The van der Waals surface area contributed by atoms with E-state index in [4.69, 9.17) is 0 Å². The second-order valence-electron chi connectivity index (χ2n) is 4.15. The van der Waals surface area contributed by atoms with Crippen molar-refractivity contribution in [3.63, 3.8) is 0 Å². The van der Waals surface area contributed by atoms with Crippen LogP contribution in [-0.4, -0.2) is 16.0 Å². The number of benzene rings is 1. The number of hydrogen-bond donors (Lipinski definition) is 2. The Hall–Kier alpha value is -2.36. The number of aryl methyl sites for hydroxylation is 1. The van der Waals surface area contributed by atoms with Crippen LogP contribution in [0.25, 0.3) is 0 Å². The summed E-state index contributed by atoms with van der Waals surface area (Å²) in [6.45, 7) is 3.63. The molecule has 0 unspecified atom stereocenters. The van der Waals surface area contributed by atoms with Crippen molar-refractivity contribution in [2.75, 3.05) is 5.32 Å². The number of hydrogen-bond acceptors (Lipinski definition) is 3. The summed E-state index contributed by atoms with van der Waals surface area (Å²) in [5.74, 6) is -0.0740. The molecule has 2 N–H and O–H groups in total. The van der Waals surface area contributed by atoms with Gasteiger partial charge in [-0.05, 0) is 37.6 Å². The number of phenols is 1. The molecule has 0 saturated carbocycles. The van der Waals surface area contributed by atoms with E-state index in [0.29, 0.717) is 16.8 Å². The molecule has 2 aromatic rings. The molecule has 0 spiro atoms. The Morgan fingerprint density at radius 3 is 2.78 bits per heavy atom. The van der Waals surface area contributed by atoms with Gasteiger partial charge in [-0.25, -0.2) is 0 Å². The van der Waals surface area contributed by atoms with Crippen LogP contribution >= 0.6 is 0 Å². The van der Waals surface area contributed by atoms with Crippen LogP contribution in [0.3, 0.4) is 0 Å². The van der Waals surface area contributed by atoms with E-state index in [2.05, 4.69) is 10.3 Å². The molecule has 18 heavy (non-hydrogen) atoms. The van der Waals surface area contributed by atoms with E-state index < -0.39 is 0 Å². The summed E-state index contributed by atoms with van der Waals surface area (Å²) in [5, 5.41) is 12.3. The fourth-order valence-corrected chi connectivity index (χ4v) is 1.63. The topological polar surface area (TPSA) is 62.2 Å². The quantitative estimate of drug-likeness (QED) is 0.851. The SMILES string of the molecule is Cc1cncc(C(=O)Nc2cccc(O)c2C)c1. The number of rotatable bonds is 2. The molecule has 92 valence electrons. The van der Waals surface area contributed by atoms with Gasteiger partial charge in [0.15, 0.2) is 0 Å². The molecule has 0 bridgehead atoms. The molecule has 4 heteroatoms. The molecular formula is C14H14N2O2. The van der Waals surface area contributed by atoms with Gasteiger partial charge >= 0.3 is 0 Å². The lowest BCUT2D eigenvalue weighted by Crippen LogP contribution is -2.13. The summed E-state index contributed by atoms with van der Waals surface area (Å²) in [4.78, 5) is 16.0. The molecule has 0 aliphatic rings. The van der Waals surface area contributed by atoms with Crippen molar-refractivity contribution in [3.05, 3.63) is 53.3 Å². The van der Waals surface area contributed by atoms with Crippen molar-refractivity contribution in [2.24, 2.45) is 0 Å². The van der Waals surface area contributed by atoms with Gasteiger partial charge in [0, 0.05) is 23.6 Å². The van der Waals surface area contributed by atoms with E-state index >= 15 is 0 Å². The molecule has 0 aliphatic carbocycles. The number of carbonyl (C=O) groups excluding carboxylic acids is 1. The number of phenolic OH excluding ortho intramolecular Hbond substituents is 1. The molecular weight excluding hydrogens is 228 g/mol. The van der Waals surface area contributed by atoms with Crippen molar-refractivity contribution in [3.8, 4) is 5.75 Å². The number of nitrogens with zero attached hydrogens (tertiary/aromatic N) is 1. The molecule has 0 saturated heterocycles. The van der Waals surface area contributed by atoms with E-state index in [1.807, 2.05) is 6.92 Å². The molecule has 1 aromatic heterocycles. The van der Waals surface area contributed by atoms with Gasteiger partial charge in [0.2, 0.25) is 0 Å². The molecule has 0 radical (unpaired) electrons. The first-order chi connectivity index (χ1) is 8.58. The summed E-state index contributed by atoms with van der Waals surface area (Å²) >= 11 is 0. The van der Waals surface area contributed by atoms with Crippen molar-refractivity contribution >= 4 is 11.6 Å². The normalized spacial score (nSPS) is 10.1. The van der Waals surface area contributed by atoms with Crippen LogP contribution in [0.5, 0.6) is 5.75 Å². The largest absolute Gasteiger partial charge is 0.508 e. The maximum atomic E-state index is 12.0. The highest BCUT2D eigenvalue weighted by molar-refractivity contribution is 6.04. The summed E-state index contributed by atoms with van der Waals surface area (Å²) in [6, 6.07) is 6.78. The van der Waals surface area contributed by atoms with Gasteiger partial charge in [-0.1, -0.05) is 6.07 Å². The Kier molecular flexibility index (Phi) is 3.28. The van der Waals surface area contributed by atoms with Gasteiger partial charge in [-0.3, -0.25) is 9.78 Å². The van der Waals surface area contributed by atoms with Crippen molar-refractivity contribution in [2.45, 2.75) is 13.8 Å². The minimum Gasteiger partial charge on any atom is -0.508 e. The van der Waals surface area contributed by atoms with Crippen LogP contribution in [0.4, 0.5) is 5.69 Å². The fraction of sp³-hybridized carbons (Fsp3) is 0.143. The second-order valence-corrected chi connectivity index (χ2v) is 4.15. The number of pyridine rings is 1. The first kappa shape index (κ1) is 12.1. The molecule has 0 atom stereocenters. The van der Waals surface area contributed by atoms with Crippen LogP contribution in [0.15, 0.2) is 36.7 Å². The predicted octanol–water partition coefficient (Wildman–Crippen LogP) is 2.66. The van der Waals surface area contributed by atoms with Gasteiger partial charge in [0.05, 0.1) is 5.56 Å². The number of aromatic nitrogens is 1. The highest BCUT2D eigenvalue weighted by Gasteiger charge is 2.09. The number of anilines is 1. The number of aromatic hydroxyl groups is 1. The Labute approximate surface area is 105 Å². The van der Waals surface area contributed by atoms with Crippen LogP contribution in [-0.2, 0) is 0 Å². The molecule has 2 rings (SSSR count). The Morgan fingerprint density at radius 1 is 1.28 bits per heavy atom. The van der Waals surface area contributed by atoms with E-state index in [1.165, 1.54) is 6.20 Å². The van der Waals surface area contributed by atoms with E-state index in [0.717, 1.165) is 5.56 Å². The minimum absolute atomic E-state index is 0.162. The van der Waals surface area contributed by atoms with Gasteiger partial charge in [0.1, 0.15) is 5.75 Å². The van der Waals surface area contributed by atoms with Crippen LogP contribution in [0, 0.1) is 13.8 Å². The zero-order valence-electron chi connectivity index (χ0n) is 10.3. The third kappa shape index (κ3) is 2.48. The summed E-state index contributed by atoms with van der Waals surface area (Å²) in [6.07, 6.45) is 3.21. The third-order valence-electron chi connectivity index (χ3n) is 2.69. The van der Waals surface area contributed by atoms with Gasteiger partial charge in [-0.15, -0.1) is 0 Å². The number of nitrogens with one attached hydrogen (secondary N) is 1. The van der Waals surface area contributed by atoms with Gasteiger partial charge < -0.3 is 10.4 Å². The van der Waals surface area contributed by atoms with Crippen LogP contribution in [0.2, 0.25) is 0 Å². The molecule has 1 aromatic carbocycles. The van der Waals surface area contributed by atoms with Crippen LogP contribution < -0.4 is 5.32 Å². The van der Waals surface area contributed by atoms with Crippen molar-refractivity contribution < 1.29 is 9.90 Å². The molecule has 4 nitrogen and oxygen atoms in total. The van der Waals surface area contributed by atoms with Gasteiger partial charge in [-0.2, -0.15) is 0 Å². The average molecular weight is 242 g/mol. The lowest BCUT2D eigenvalue weighted by Gasteiger charge is -2.09. The lowest BCUT2D eigenvalue weighted by atomic mass is 10.1. The summed E-state index contributed by atoms with van der Waals surface area (Å²) < 4.78 is 0. The monoisotopic (exact) mass is 242 g/mol. The Balaban J connectivity index is 2.24. The maximum absolute atomic E-state index is 12.0. The van der Waals surface area contributed by atoms with Crippen molar-refractivity contribution in [1.29, 1.82) is 0 Å². The van der Waals surface area contributed by atoms with E-state index in [1.54, 1.807) is 37.4 Å². The van der Waals surface area contributed by atoms with Crippen molar-refractivity contribution in [1.82, 2.24) is 4.98 Å². The predicted molar refractivity (Wildman–Crippen MR) is 69.8 cm³/mol. The molecule has 0 fully saturated rings. The summed E-state index contributed by atoms with van der Waals surface area (Å²) in [7, 11) is 0. The van der Waals surface area contributed by atoms with E-state index in [9.17, 15) is 9.90 Å². The first-order valence-corrected chi connectivity index (χ1v) is 5.59. The third-order valence-corrected chi connectivity index (χ3v) is 2.69. The fourth-order valence-electron chi connectivity index (χ4n) is 1.63. The zero-order chi connectivity index (χ0) is 13.1. The smallest absolute Gasteiger partial charge is 0.257 e. The van der Waals surface area contributed by atoms with E-state index in [-0.39, 0.29) is 11.7 Å². The standard InChI is InChI=1S/C14H14N2O2/c1-9-6-11(8-15-7-9)14(18)16-12-4-3-5-13(17)10(12)2/h3-8,17H,1-2H3,(H,16,18). The zero-order valence-corrected chi connectivity index (χ0v) is 10.3. The second kappa shape index (κ2) is 4.87. The highest BCUT2D eigenvalue weighted by atomic mass is 16.3. The highest BCUT2D eigenvalue weighted by Crippen LogP contribution is 2.24. The van der Waals surface area contributed by atoms with Crippen LogP contribution in [0.1, 0.15) is 21.5 Å². The average Bonchev–Trinajstić information content (AvgIpc) is 2.35. The molecule has 1 heterocycles. The minimum atomic E-state index is -0.236. The maximum Gasteiger partial charge on any atom is 0.257 e. The first-order valence-electron chi connectivity index (χ1n) is 5.59. The molecule has 0 aliphatic heterocycles. The Morgan fingerprint density at radius 2 is 2.06 bits per heavy atom. The summed E-state index contributed by atoms with van der Waals surface area (Å²) in [5.41, 5.74) is 2.67. The van der Waals surface area contributed by atoms with Gasteiger partial charge in [0.25, 0.3) is 5.91 Å². The number of carbonyl (C=O) groups is 1.